The summed E-state index contributed by atoms with van der Waals surface area (Å²) in [5.74, 6) is -0.379. The number of hydrogen-bond donors (Lipinski definition) is 1. The van der Waals surface area contributed by atoms with Crippen LogP contribution in [0.1, 0.15) is 24.8 Å². The van der Waals surface area contributed by atoms with Gasteiger partial charge in [0.25, 0.3) is 0 Å². The topological polar surface area (TPSA) is 91.0 Å². The fourth-order valence-electron chi connectivity index (χ4n) is 3.10. The van der Waals surface area contributed by atoms with Crippen molar-refractivity contribution in [2.75, 3.05) is 11.4 Å². The molecule has 0 bridgehead atoms. The van der Waals surface area contributed by atoms with Crippen LogP contribution in [0.25, 0.3) is 5.69 Å². The van der Waals surface area contributed by atoms with Gasteiger partial charge < -0.3 is 10.2 Å². The van der Waals surface area contributed by atoms with Crippen LogP contribution in [0.5, 0.6) is 0 Å². The highest BCUT2D eigenvalue weighted by atomic mass is 16.2. The van der Waals surface area contributed by atoms with Gasteiger partial charge in [-0.15, -0.1) is 0 Å². The molecule has 0 fully saturated rings. The molecule has 7 nitrogen and oxygen atoms in total. The number of carbonyl (C=O) groups excluding carboxylic acids is 2. The molecule has 0 aliphatic carbocycles. The van der Waals surface area contributed by atoms with Crippen molar-refractivity contribution >= 4 is 17.5 Å². The lowest BCUT2D eigenvalue weighted by molar-refractivity contribution is -0.125. The van der Waals surface area contributed by atoms with E-state index < -0.39 is 0 Å². The monoisotopic (exact) mass is 401 g/mol. The predicted molar refractivity (Wildman–Crippen MR) is 114 cm³/mol. The van der Waals surface area contributed by atoms with E-state index in [-0.39, 0.29) is 31.1 Å². The second kappa shape index (κ2) is 10.6. The van der Waals surface area contributed by atoms with Gasteiger partial charge in [0.15, 0.2) is 0 Å². The minimum Gasteiger partial charge on any atom is -0.352 e. The van der Waals surface area contributed by atoms with Gasteiger partial charge in [0, 0.05) is 44.0 Å². The van der Waals surface area contributed by atoms with Gasteiger partial charge in [0.2, 0.25) is 11.8 Å². The zero-order valence-corrected chi connectivity index (χ0v) is 16.6. The average molecular weight is 401 g/mol. The van der Waals surface area contributed by atoms with Crippen LogP contribution in [0.2, 0.25) is 0 Å². The standard InChI is InChI=1S/C23H23N5O2/c24-14-6-16-27(20-9-2-1-3-10-20)23(30)13-12-22(29)25-18-19-8-4-5-11-21(19)28-17-7-15-26-28/h1-5,7-11,15,17H,6,12-13,16,18H2,(H,25,29). The third kappa shape index (κ3) is 5.55. The summed E-state index contributed by atoms with van der Waals surface area (Å²) in [7, 11) is 0. The van der Waals surface area contributed by atoms with E-state index >= 15 is 0 Å². The number of nitrogens with one attached hydrogen (secondary N) is 1. The van der Waals surface area contributed by atoms with Gasteiger partial charge >= 0.3 is 0 Å². The molecule has 30 heavy (non-hydrogen) atoms. The molecule has 0 aliphatic heterocycles. The van der Waals surface area contributed by atoms with Gasteiger partial charge in [-0.25, -0.2) is 4.68 Å². The van der Waals surface area contributed by atoms with Crippen molar-refractivity contribution in [1.82, 2.24) is 15.1 Å². The maximum absolute atomic E-state index is 12.7. The Balaban J connectivity index is 1.55. The number of hydrogen-bond acceptors (Lipinski definition) is 4. The summed E-state index contributed by atoms with van der Waals surface area (Å²) in [6.45, 7) is 0.651. The minimum atomic E-state index is -0.202. The number of nitriles is 1. The molecule has 1 heterocycles. The Bertz CT molecular complexity index is 1010. The normalized spacial score (nSPS) is 10.2. The van der Waals surface area contributed by atoms with Crippen molar-refractivity contribution in [1.29, 1.82) is 5.26 Å². The lowest BCUT2D eigenvalue weighted by Crippen LogP contribution is -2.33. The van der Waals surface area contributed by atoms with Crippen molar-refractivity contribution in [3.05, 3.63) is 78.6 Å². The van der Waals surface area contributed by atoms with Gasteiger partial charge in [-0.1, -0.05) is 36.4 Å². The number of rotatable bonds is 9. The van der Waals surface area contributed by atoms with Crippen molar-refractivity contribution in [2.24, 2.45) is 0 Å². The Kier molecular flexibility index (Phi) is 7.34. The van der Waals surface area contributed by atoms with Crippen LogP contribution in [-0.2, 0) is 16.1 Å². The van der Waals surface area contributed by atoms with Gasteiger partial charge in [-0.2, -0.15) is 10.4 Å². The molecule has 0 atom stereocenters. The number of nitrogens with zero attached hydrogens (tertiary/aromatic N) is 4. The van der Waals surface area contributed by atoms with Crippen LogP contribution >= 0.6 is 0 Å². The van der Waals surface area contributed by atoms with Crippen LogP contribution in [0.3, 0.4) is 0 Å². The zero-order valence-electron chi connectivity index (χ0n) is 16.6. The molecule has 3 aromatic rings. The zero-order chi connectivity index (χ0) is 21.2. The Morgan fingerprint density at radius 2 is 1.80 bits per heavy atom. The molecule has 1 aromatic heterocycles. The number of carbonyl (C=O) groups is 2. The number of anilines is 1. The van der Waals surface area contributed by atoms with E-state index in [2.05, 4.69) is 16.5 Å². The van der Waals surface area contributed by atoms with Crippen LogP contribution in [-0.4, -0.2) is 28.1 Å². The second-order valence-electron chi connectivity index (χ2n) is 6.65. The molecule has 152 valence electrons. The lowest BCUT2D eigenvalue weighted by atomic mass is 10.1. The van der Waals surface area contributed by atoms with E-state index in [4.69, 9.17) is 5.26 Å². The third-order valence-electron chi connectivity index (χ3n) is 4.60. The van der Waals surface area contributed by atoms with E-state index in [1.165, 1.54) is 0 Å². The predicted octanol–water partition coefficient (Wildman–Crippen LogP) is 3.22. The fourth-order valence-corrected chi connectivity index (χ4v) is 3.10. The van der Waals surface area contributed by atoms with Crippen LogP contribution in [0, 0.1) is 11.3 Å². The van der Waals surface area contributed by atoms with Gasteiger partial charge in [0.1, 0.15) is 0 Å². The first kappa shape index (κ1) is 20.8. The van der Waals surface area contributed by atoms with Crippen LogP contribution in [0.15, 0.2) is 73.1 Å². The Morgan fingerprint density at radius 3 is 2.53 bits per heavy atom. The van der Waals surface area contributed by atoms with Gasteiger partial charge in [-0.05, 0) is 29.8 Å². The maximum Gasteiger partial charge on any atom is 0.227 e. The number of amides is 2. The first-order valence-electron chi connectivity index (χ1n) is 9.76. The summed E-state index contributed by atoms with van der Waals surface area (Å²) >= 11 is 0. The smallest absolute Gasteiger partial charge is 0.227 e. The number of aromatic nitrogens is 2. The number of benzene rings is 2. The highest BCUT2D eigenvalue weighted by molar-refractivity contribution is 5.95. The van der Waals surface area contributed by atoms with E-state index in [0.717, 1.165) is 16.9 Å². The Hall–Kier alpha value is -3.92. The average Bonchev–Trinajstić information content (AvgIpc) is 3.32. The SMILES string of the molecule is N#CCCN(C(=O)CCC(=O)NCc1ccccc1-n1cccn1)c1ccccc1. The largest absolute Gasteiger partial charge is 0.352 e. The molecule has 7 heteroatoms. The number of para-hydroxylation sites is 2. The summed E-state index contributed by atoms with van der Waals surface area (Å²) in [5.41, 5.74) is 2.55. The van der Waals surface area contributed by atoms with Crippen molar-refractivity contribution in [2.45, 2.75) is 25.8 Å². The van der Waals surface area contributed by atoms with E-state index in [0.29, 0.717) is 13.1 Å². The molecular formula is C23H23N5O2. The highest BCUT2D eigenvalue weighted by Crippen LogP contribution is 2.16. The molecule has 0 aliphatic rings. The molecule has 0 saturated heterocycles. The molecule has 0 saturated carbocycles. The molecule has 0 spiro atoms. The first-order chi connectivity index (χ1) is 14.7. The summed E-state index contributed by atoms with van der Waals surface area (Å²) < 4.78 is 1.75. The van der Waals surface area contributed by atoms with E-state index in [1.807, 2.05) is 66.9 Å². The highest BCUT2D eigenvalue weighted by Gasteiger charge is 2.17. The minimum absolute atomic E-state index is 0.0763. The first-order valence-corrected chi connectivity index (χ1v) is 9.76. The molecule has 2 amide bonds. The van der Waals surface area contributed by atoms with Gasteiger partial charge in [0.05, 0.1) is 18.2 Å². The third-order valence-corrected chi connectivity index (χ3v) is 4.60. The van der Waals surface area contributed by atoms with Crippen molar-refractivity contribution in [3.8, 4) is 11.8 Å². The Labute approximate surface area is 175 Å². The molecule has 0 unspecified atom stereocenters. The molecule has 1 N–H and O–H groups in total. The van der Waals surface area contributed by atoms with E-state index in [1.54, 1.807) is 15.8 Å². The summed E-state index contributed by atoms with van der Waals surface area (Å²) in [6.07, 6.45) is 3.94. The molecular weight excluding hydrogens is 378 g/mol. The quantitative estimate of drug-likeness (QED) is 0.596. The fraction of sp³-hybridized carbons (Fsp3) is 0.217. The Morgan fingerprint density at radius 1 is 1.03 bits per heavy atom. The molecule has 2 aromatic carbocycles. The molecule has 0 radical (unpaired) electrons. The van der Waals surface area contributed by atoms with Crippen LogP contribution < -0.4 is 10.2 Å². The summed E-state index contributed by atoms with van der Waals surface area (Å²) in [5, 5.41) is 16.0. The molecule has 3 rings (SSSR count). The second-order valence-corrected chi connectivity index (χ2v) is 6.65. The van der Waals surface area contributed by atoms with Gasteiger partial charge in [-0.3, -0.25) is 9.59 Å². The van der Waals surface area contributed by atoms with E-state index in [9.17, 15) is 9.59 Å². The summed E-state index contributed by atoms with van der Waals surface area (Å²) in [6, 6.07) is 20.8. The summed E-state index contributed by atoms with van der Waals surface area (Å²) in [4.78, 5) is 26.6. The lowest BCUT2D eigenvalue weighted by Gasteiger charge is -2.21. The maximum atomic E-state index is 12.7. The van der Waals surface area contributed by atoms with Crippen LogP contribution in [0.4, 0.5) is 5.69 Å². The van der Waals surface area contributed by atoms with Crippen molar-refractivity contribution < 1.29 is 9.59 Å². The van der Waals surface area contributed by atoms with Crippen molar-refractivity contribution in [3.63, 3.8) is 0 Å².